The Hall–Kier alpha value is -3.41. The van der Waals surface area contributed by atoms with Gasteiger partial charge in [0.1, 0.15) is 17.2 Å². The van der Waals surface area contributed by atoms with Crippen LogP contribution in [0.1, 0.15) is 54.4 Å². The smallest absolute Gasteiger partial charge is 0.339 e. The third-order valence-corrected chi connectivity index (χ3v) is 8.02. The zero-order valence-corrected chi connectivity index (χ0v) is 18.9. The summed E-state index contributed by atoms with van der Waals surface area (Å²) in [4.78, 5) is 15.5. The Labute approximate surface area is 198 Å². The van der Waals surface area contributed by atoms with Crippen molar-refractivity contribution in [3.8, 4) is 0 Å². The second-order valence-corrected chi connectivity index (χ2v) is 10.5. The molecular weight excluding hydrogens is 429 g/mol. The first kappa shape index (κ1) is 21.1. The second-order valence-electron chi connectivity index (χ2n) is 10.5. The molecule has 5 nitrogen and oxygen atoms in total. The summed E-state index contributed by atoms with van der Waals surface area (Å²) in [6.45, 7) is 0. The first-order valence-corrected chi connectivity index (χ1v) is 12.1. The van der Waals surface area contributed by atoms with Crippen LogP contribution in [0.2, 0.25) is 0 Å². The number of aromatic nitrogens is 1. The summed E-state index contributed by atoms with van der Waals surface area (Å²) in [6.07, 6.45) is 9.78. The number of nitrogens with zero attached hydrogens (tertiary/aromatic N) is 1. The lowest BCUT2D eigenvalue weighted by Crippen LogP contribution is -2.48. The van der Waals surface area contributed by atoms with Crippen LogP contribution in [0.5, 0.6) is 0 Å². The van der Waals surface area contributed by atoms with Crippen molar-refractivity contribution in [3.05, 3.63) is 77.7 Å². The van der Waals surface area contributed by atoms with E-state index in [2.05, 4.69) is 39.9 Å². The number of rotatable bonds is 6. The molecule has 1 aromatic heterocycles. The number of hydrogen-bond donors (Lipinski definition) is 3. The van der Waals surface area contributed by atoms with Gasteiger partial charge in [0.15, 0.2) is 0 Å². The number of carboxylic acids is 1. The van der Waals surface area contributed by atoms with Gasteiger partial charge >= 0.3 is 5.97 Å². The minimum atomic E-state index is -1.09. The molecule has 4 aliphatic rings. The number of hydrogen-bond acceptors (Lipinski definition) is 4. The number of carbonyl (C=O) groups is 1. The maximum atomic E-state index is 14.4. The van der Waals surface area contributed by atoms with Crippen LogP contribution in [0.4, 0.5) is 27.3 Å². The molecule has 7 rings (SSSR count). The summed E-state index contributed by atoms with van der Waals surface area (Å²) in [5.41, 5.74) is 3.74. The van der Waals surface area contributed by atoms with Gasteiger partial charge < -0.3 is 15.7 Å². The van der Waals surface area contributed by atoms with Crippen molar-refractivity contribution in [1.82, 2.24) is 4.98 Å². The largest absolute Gasteiger partial charge is 0.478 e. The van der Waals surface area contributed by atoms with E-state index in [4.69, 9.17) is 0 Å². The van der Waals surface area contributed by atoms with Crippen LogP contribution in [-0.4, -0.2) is 16.1 Å². The quantitative estimate of drug-likeness (QED) is 0.376. The molecule has 0 amide bonds. The Bertz CT molecular complexity index is 1210. The van der Waals surface area contributed by atoms with E-state index < -0.39 is 11.8 Å². The van der Waals surface area contributed by atoms with Gasteiger partial charge in [-0.1, -0.05) is 12.1 Å². The normalized spacial score (nSPS) is 26.9. The lowest BCUT2D eigenvalue weighted by atomic mass is 9.48. The van der Waals surface area contributed by atoms with Crippen molar-refractivity contribution >= 4 is 28.8 Å². The Morgan fingerprint density at radius 3 is 2.12 bits per heavy atom. The molecule has 4 bridgehead atoms. The third kappa shape index (κ3) is 3.91. The number of anilines is 4. The molecule has 3 aromatic rings. The Kier molecular flexibility index (Phi) is 5.05. The molecule has 2 aromatic carbocycles. The number of halogens is 1. The van der Waals surface area contributed by atoms with Gasteiger partial charge in [-0.15, -0.1) is 0 Å². The summed E-state index contributed by atoms with van der Waals surface area (Å²) >= 11 is 0. The zero-order valence-electron chi connectivity index (χ0n) is 18.9. The van der Waals surface area contributed by atoms with Crippen LogP contribution in [0.3, 0.4) is 0 Å². The topological polar surface area (TPSA) is 74.2 Å². The molecule has 0 saturated heterocycles. The van der Waals surface area contributed by atoms with Gasteiger partial charge in [0, 0.05) is 23.3 Å². The van der Waals surface area contributed by atoms with Crippen LogP contribution in [-0.2, 0) is 5.41 Å². The van der Waals surface area contributed by atoms with Crippen LogP contribution in [0.15, 0.2) is 60.8 Å². The summed E-state index contributed by atoms with van der Waals surface area (Å²) in [5, 5.41) is 15.6. The monoisotopic (exact) mass is 457 g/mol. The molecule has 0 spiro atoms. The first-order valence-electron chi connectivity index (χ1n) is 12.1. The number of pyridine rings is 1. The fourth-order valence-electron chi connectivity index (χ4n) is 7.09. The summed E-state index contributed by atoms with van der Waals surface area (Å²) in [6, 6.07) is 16.2. The maximum Gasteiger partial charge on any atom is 0.339 e. The average molecular weight is 458 g/mol. The van der Waals surface area contributed by atoms with Gasteiger partial charge in [0.25, 0.3) is 0 Å². The molecule has 4 aliphatic carbocycles. The molecule has 3 N–H and O–H groups in total. The van der Waals surface area contributed by atoms with Crippen LogP contribution < -0.4 is 10.6 Å². The molecule has 0 unspecified atom stereocenters. The molecule has 34 heavy (non-hydrogen) atoms. The molecule has 0 atom stereocenters. The standard InChI is InChI=1S/C28H28FN3O2/c29-21-11-23(13-24(12-21)32-26-25(27(33)34)2-1-7-30-26)31-22-5-3-20(4-6-22)28-14-17-8-18(15-28)10-19(9-17)16-28/h1-7,11-13,17-19,31H,8-10,14-16H2,(H,30,32)(H,33,34). The van der Waals surface area contributed by atoms with E-state index in [9.17, 15) is 14.3 Å². The molecular formula is C28H28FN3O2. The summed E-state index contributed by atoms with van der Waals surface area (Å²) in [5.74, 6) is 1.37. The van der Waals surface area contributed by atoms with Gasteiger partial charge in [-0.2, -0.15) is 0 Å². The van der Waals surface area contributed by atoms with Crippen molar-refractivity contribution in [3.63, 3.8) is 0 Å². The van der Waals surface area contributed by atoms with Gasteiger partial charge in [0.2, 0.25) is 0 Å². The van der Waals surface area contributed by atoms with E-state index in [-0.39, 0.29) is 11.4 Å². The maximum absolute atomic E-state index is 14.4. The van der Waals surface area contributed by atoms with Crippen molar-refractivity contribution in [2.45, 2.75) is 43.9 Å². The second kappa shape index (κ2) is 8.12. The van der Waals surface area contributed by atoms with Gasteiger partial charge in [-0.05, 0) is 110 Å². The molecule has 0 aliphatic heterocycles. The Morgan fingerprint density at radius 1 is 0.882 bits per heavy atom. The van der Waals surface area contributed by atoms with Crippen molar-refractivity contribution in [2.24, 2.45) is 17.8 Å². The third-order valence-electron chi connectivity index (χ3n) is 8.02. The van der Waals surface area contributed by atoms with Crippen molar-refractivity contribution in [2.75, 3.05) is 10.6 Å². The number of aromatic carboxylic acids is 1. The molecule has 1 heterocycles. The minimum Gasteiger partial charge on any atom is -0.478 e. The number of carboxylic acid groups (broad SMARTS) is 1. The van der Waals surface area contributed by atoms with Crippen LogP contribution in [0.25, 0.3) is 0 Å². The highest BCUT2D eigenvalue weighted by molar-refractivity contribution is 5.94. The molecule has 4 saturated carbocycles. The Morgan fingerprint density at radius 2 is 1.50 bits per heavy atom. The highest BCUT2D eigenvalue weighted by atomic mass is 19.1. The van der Waals surface area contributed by atoms with Crippen LogP contribution >= 0.6 is 0 Å². The van der Waals surface area contributed by atoms with Crippen molar-refractivity contribution < 1.29 is 14.3 Å². The number of benzene rings is 2. The lowest BCUT2D eigenvalue weighted by Gasteiger charge is -2.57. The fourth-order valence-corrected chi connectivity index (χ4v) is 7.09. The molecule has 0 radical (unpaired) electrons. The highest BCUT2D eigenvalue weighted by Crippen LogP contribution is 2.60. The van der Waals surface area contributed by atoms with E-state index >= 15 is 0 Å². The Balaban J connectivity index is 1.21. The van der Waals surface area contributed by atoms with E-state index in [1.807, 2.05) is 0 Å². The van der Waals surface area contributed by atoms with E-state index in [1.165, 1.54) is 68.5 Å². The SMILES string of the molecule is O=C(O)c1cccnc1Nc1cc(F)cc(Nc2ccc(C34CC5CC(CC(C5)C3)C4)cc2)c1. The van der Waals surface area contributed by atoms with Gasteiger partial charge in [-0.3, -0.25) is 0 Å². The van der Waals surface area contributed by atoms with E-state index in [1.54, 1.807) is 12.1 Å². The summed E-state index contributed by atoms with van der Waals surface area (Å²) < 4.78 is 14.4. The highest BCUT2D eigenvalue weighted by Gasteiger charge is 2.51. The zero-order chi connectivity index (χ0) is 23.3. The molecule has 174 valence electrons. The van der Waals surface area contributed by atoms with E-state index in [0.717, 1.165) is 23.4 Å². The average Bonchev–Trinajstić information content (AvgIpc) is 2.78. The lowest BCUT2D eigenvalue weighted by molar-refractivity contribution is -0.00518. The van der Waals surface area contributed by atoms with Crippen LogP contribution in [0, 0.1) is 23.6 Å². The van der Waals surface area contributed by atoms with E-state index in [0.29, 0.717) is 16.8 Å². The van der Waals surface area contributed by atoms with Gasteiger partial charge in [-0.25, -0.2) is 14.2 Å². The predicted octanol–water partition coefficient (Wildman–Crippen LogP) is 6.87. The summed E-state index contributed by atoms with van der Waals surface area (Å²) in [7, 11) is 0. The number of nitrogens with one attached hydrogen (secondary N) is 2. The van der Waals surface area contributed by atoms with Crippen molar-refractivity contribution in [1.29, 1.82) is 0 Å². The fraction of sp³-hybridized carbons (Fsp3) is 0.357. The molecule has 6 heteroatoms. The first-order chi connectivity index (χ1) is 16.5. The van der Waals surface area contributed by atoms with Gasteiger partial charge in [0.05, 0.1) is 0 Å². The minimum absolute atomic E-state index is 0.0292. The molecule has 4 fully saturated rings. The predicted molar refractivity (Wildman–Crippen MR) is 130 cm³/mol.